The van der Waals surface area contributed by atoms with Crippen LogP contribution in [0.5, 0.6) is 5.75 Å². The van der Waals surface area contributed by atoms with Crippen molar-refractivity contribution in [2.45, 2.75) is 44.8 Å². The molecule has 1 N–H and O–H groups in total. The minimum Gasteiger partial charge on any atom is -0.497 e. The second-order valence-corrected chi connectivity index (χ2v) is 5.88. The number of aliphatic hydroxyl groups is 1. The van der Waals surface area contributed by atoms with E-state index in [4.69, 9.17) is 4.74 Å². The fourth-order valence-corrected chi connectivity index (χ4v) is 2.80. The van der Waals surface area contributed by atoms with Crippen molar-refractivity contribution >= 4 is 0 Å². The van der Waals surface area contributed by atoms with Crippen molar-refractivity contribution in [3.63, 3.8) is 0 Å². The SMILES string of the molecule is COc1cccc(CC2(O)CCN(C(C)C)CC2)c1. The molecule has 0 unspecified atom stereocenters. The van der Waals surface area contributed by atoms with Gasteiger partial charge in [0, 0.05) is 25.6 Å². The zero-order valence-electron chi connectivity index (χ0n) is 12.2. The molecule has 1 fully saturated rings. The van der Waals surface area contributed by atoms with Gasteiger partial charge >= 0.3 is 0 Å². The highest BCUT2D eigenvalue weighted by Crippen LogP contribution is 2.28. The lowest BCUT2D eigenvalue weighted by Gasteiger charge is -2.40. The molecule has 2 rings (SSSR count). The van der Waals surface area contributed by atoms with Gasteiger partial charge in [-0.3, -0.25) is 0 Å². The first-order chi connectivity index (χ1) is 9.02. The maximum atomic E-state index is 10.7. The third kappa shape index (κ3) is 3.71. The van der Waals surface area contributed by atoms with Crippen LogP contribution in [0.2, 0.25) is 0 Å². The predicted molar refractivity (Wildman–Crippen MR) is 77.6 cm³/mol. The summed E-state index contributed by atoms with van der Waals surface area (Å²) in [4.78, 5) is 2.43. The van der Waals surface area contributed by atoms with E-state index in [1.807, 2.05) is 18.2 Å². The number of likely N-dealkylation sites (tertiary alicyclic amines) is 1. The third-order valence-corrected chi connectivity index (χ3v) is 4.13. The topological polar surface area (TPSA) is 32.7 Å². The highest BCUT2D eigenvalue weighted by molar-refractivity contribution is 5.29. The standard InChI is InChI=1S/C16H25NO2/c1-13(2)17-9-7-16(18,8-10-17)12-14-5-4-6-15(11-14)19-3/h4-6,11,13,18H,7-10,12H2,1-3H3. The van der Waals surface area contributed by atoms with Gasteiger partial charge in [-0.15, -0.1) is 0 Å². The first-order valence-corrected chi connectivity index (χ1v) is 7.12. The number of nitrogens with zero attached hydrogens (tertiary/aromatic N) is 1. The number of benzene rings is 1. The summed E-state index contributed by atoms with van der Waals surface area (Å²) in [5, 5.41) is 10.7. The van der Waals surface area contributed by atoms with Crippen LogP contribution in [-0.4, -0.2) is 41.8 Å². The van der Waals surface area contributed by atoms with Crippen molar-refractivity contribution in [2.24, 2.45) is 0 Å². The molecule has 0 atom stereocenters. The van der Waals surface area contributed by atoms with Gasteiger partial charge in [0.15, 0.2) is 0 Å². The highest BCUT2D eigenvalue weighted by atomic mass is 16.5. The van der Waals surface area contributed by atoms with Crippen LogP contribution in [-0.2, 0) is 6.42 Å². The molecule has 3 nitrogen and oxygen atoms in total. The van der Waals surface area contributed by atoms with Crippen molar-refractivity contribution in [1.82, 2.24) is 4.90 Å². The molecule has 106 valence electrons. The molecule has 0 radical (unpaired) electrons. The molecular formula is C16H25NO2. The molecule has 0 aliphatic carbocycles. The first kappa shape index (κ1) is 14.4. The maximum Gasteiger partial charge on any atom is 0.119 e. The van der Waals surface area contributed by atoms with Gasteiger partial charge in [0.1, 0.15) is 5.75 Å². The van der Waals surface area contributed by atoms with Gasteiger partial charge in [-0.25, -0.2) is 0 Å². The van der Waals surface area contributed by atoms with Crippen LogP contribution in [0.25, 0.3) is 0 Å². The lowest BCUT2D eigenvalue weighted by molar-refractivity contribution is -0.0271. The van der Waals surface area contributed by atoms with E-state index in [0.29, 0.717) is 6.04 Å². The molecule has 0 spiro atoms. The molecule has 0 saturated carbocycles. The fraction of sp³-hybridized carbons (Fsp3) is 0.625. The van der Waals surface area contributed by atoms with Crippen LogP contribution < -0.4 is 4.74 Å². The molecule has 1 aromatic carbocycles. The Morgan fingerprint density at radius 1 is 1.32 bits per heavy atom. The van der Waals surface area contributed by atoms with Gasteiger partial charge in [-0.2, -0.15) is 0 Å². The van der Waals surface area contributed by atoms with Crippen molar-refractivity contribution in [2.75, 3.05) is 20.2 Å². The summed E-state index contributed by atoms with van der Waals surface area (Å²) in [5.74, 6) is 0.862. The largest absolute Gasteiger partial charge is 0.497 e. The molecule has 1 heterocycles. The molecule has 19 heavy (non-hydrogen) atoms. The maximum absolute atomic E-state index is 10.7. The Hall–Kier alpha value is -1.06. The van der Waals surface area contributed by atoms with Gasteiger partial charge in [0.25, 0.3) is 0 Å². The molecule has 1 aliphatic rings. The van der Waals surface area contributed by atoms with Gasteiger partial charge in [-0.1, -0.05) is 12.1 Å². The zero-order valence-corrected chi connectivity index (χ0v) is 12.2. The van der Waals surface area contributed by atoms with Gasteiger partial charge in [0.2, 0.25) is 0 Å². The molecule has 1 aliphatic heterocycles. The van der Waals surface area contributed by atoms with E-state index in [1.165, 1.54) is 0 Å². The van der Waals surface area contributed by atoms with E-state index in [1.54, 1.807) is 7.11 Å². The Kier molecular flexibility index (Phi) is 4.48. The van der Waals surface area contributed by atoms with Crippen molar-refractivity contribution < 1.29 is 9.84 Å². The Bertz CT molecular complexity index is 409. The van der Waals surface area contributed by atoms with E-state index in [2.05, 4.69) is 24.8 Å². The number of methoxy groups -OCH3 is 1. The molecular weight excluding hydrogens is 238 g/mol. The number of hydrogen-bond donors (Lipinski definition) is 1. The quantitative estimate of drug-likeness (QED) is 0.906. The smallest absolute Gasteiger partial charge is 0.119 e. The molecule has 1 saturated heterocycles. The van der Waals surface area contributed by atoms with E-state index in [-0.39, 0.29) is 0 Å². The monoisotopic (exact) mass is 263 g/mol. The van der Waals surface area contributed by atoms with Crippen molar-refractivity contribution in [3.05, 3.63) is 29.8 Å². The normalized spacial score (nSPS) is 19.6. The van der Waals surface area contributed by atoms with Crippen LogP contribution in [0.15, 0.2) is 24.3 Å². The Morgan fingerprint density at radius 3 is 2.58 bits per heavy atom. The minimum absolute atomic E-state index is 0.558. The summed E-state index contributed by atoms with van der Waals surface area (Å²) in [7, 11) is 1.68. The zero-order chi connectivity index (χ0) is 13.9. The second kappa shape index (κ2) is 5.93. The van der Waals surface area contributed by atoms with Crippen LogP contribution in [0, 0.1) is 0 Å². The summed E-state index contributed by atoms with van der Waals surface area (Å²) in [6.45, 7) is 6.40. The number of rotatable bonds is 4. The number of ether oxygens (including phenoxy) is 1. The van der Waals surface area contributed by atoms with Crippen molar-refractivity contribution in [1.29, 1.82) is 0 Å². The summed E-state index contributed by atoms with van der Waals surface area (Å²) in [6, 6.07) is 8.58. The van der Waals surface area contributed by atoms with Crippen LogP contribution >= 0.6 is 0 Å². The Morgan fingerprint density at radius 2 is 2.00 bits per heavy atom. The van der Waals surface area contributed by atoms with Gasteiger partial charge in [0.05, 0.1) is 12.7 Å². The molecule has 1 aromatic rings. The molecule has 3 heteroatoms. The van der Waals surface area contributed by atoms with Crippen molar-refractivity contribution in [3.8, 4) is 5.75 Å². The molecule has 0 amide bonds. The van der Waals surface area contributed by atoms with Crippen LogP contribution in [0.1, 0.15) is 32.3 Å². The lowest BCUT2D eigenvalue weighted by Crippen LogP contribution is -2.47. The summed E-state index contributed by atoms with van der Waals surface area (Å²) in [5.41, 5.74) is 0.595. The van der Waals surface area contributed by atoms with Crippen LogP contribution in [0.3, 0.4) is 0 Å². The summed E-state index contributed by atoms with van der Waals surface area (Å²) >= 11 is 0. The third-order valence-electron chi connectivity index (χ3n) is 4.13. The van der Waals surface area contributed by atoms with Gasteiger partial charge < -0.3 is 14.7 Å². The van der Waals surface area contributed by atoms with Gasteiger partial charge in [-0.05, 0) is 44.4 Å². The molecule has 0 bridgehead atoms. The average Bonchev–Trinajstić information content (AvgIpc) is 2.39. The highest BCUT2D eigenvalue weighted by Gasteiger charge is 2.33. The number of piperidine rings is 1. The molecule has 0 aromatic heterocycles. The van der Waals surface area contributed by atoms with Crippen LogP contribution in [0.4, 0.5) is 0 Å². The summed E-state index contributed by atoms with van der Waals surface area (Å²) < 4.78 is 5.24. The van der Waals surface area contributed by atoms with E-state index < -0.39 is 5.60 Å². The Labute approximate surface area is 116 Å². The van der Waals surface area contributed by atoms with E-state index in [0.717, 1.165) is 43.7 Å². The summed E-state index contributed by atoms with van der Waals surface area (Å²) in [6.07, 6.45) is 2.42. The minimum atomic E-state index is -0.558. The first-order valence-electron chi connectivity index (χ1n) is 7.12. The second-order valence-electron chi connectivity index (χ2n) is 5.88. The Balaban J connectivity index is 1.98. The number of hydrogen-bond acceptors (Lipinski definition) is 3. The van der Waals surface area contributed by atoms with E-state index >= 15 is 0 Å². The average molecular weight is 263 g/mol. The van der Waals surface area contributed by atoms with E-state index in [9.17, 15) is 5.11 Å². The lowest BCUT2D eigenvalue weighted by atomic mass is 9.85. The fourth-order valence-electron chi connectivity index (χ4n) is 2.80. The predicted octanol–water partition coefficient (Wildman–Crippen LogP) is 2.47.